The van der Waals surface area contributed by atoms with Crippen LogP contribution in [0.15, 0.2) is 36.0 Å². The fourth-order valence-electron chi connectivity index (χ4n) is 2.68. The predicted molar refractivity (Wildman–Crippen MR) is 87.8 cm³/mol. The minimum atomic E-state index is -0.000501. The van der Waals surface area contributed by atoms with E-state index in [2.05, 4.69) is 17.1 Å². The fraction of sp³-hybridized carbons (Fsp3) is 0.438. The van der Waals surface area contributed by atoms with Gasteiger partial charge in [0.1, 0.15) is 4.88 Å². The highest BCUT2D eigenvalue weighted by Gasteiger charge is 2.19. The van der Waals surface area contributed by atoms with E-state index in [-0.39, 0.29) is 11.9 Å². The van der Waals surface area contributed by atoms with Gasteiger partial charge in [-0.05, 0) is 30.5 Å². The van der Waals surface area contributed by atoms with Crippen molar-refractivity contribution in [2.24, 2.45) is 0 Å². The van der Waals surface area contributed by atoms with E-state index in [0.717, 1.165) is 43.4 Å². The number of carbonyl (C=O) groups is 1. The lowest BCUT2D eigenvalue weighted by Gasteiger charge is -2.29. The second-order valence-electron chi connectivity index (χ2n) is 5.51. The second kappa shape index (κ2) is 7.09. The number of amides is 1. The number of nitrogens with zero attached hydrogens (tertiary/aromatic N) is 2. The molecule has 1 N–H and O–H groups in total. The van der Waals surface area contributed by atoms with Gasteiger partial charge < -0.3 is 14.6 Å². The van der Waals surface area contributed by atoms with E-state index >= 15 is 0 Å². The van der Waals surface area contributed by atoms with E-state index in [1.165, 1.54) is 11.3 Å². The Hall–Kier alpha value is -1.63. The first-order valence-corrected chi connectivity index (χ1v) is 8.44. The Bertz CT molecular complexity index is 603. The first-order valence-electron chi connectivity index (χ1n) is 7.56. The van der Waals surface area contributed by atoms with Crippen LogP contribution in [0.5, 0.6) is 0 Å². The van der Waals surface area contributed by atoms with Crippen molar-refractivity contribution in [1.29, 1.82) is 0 Å². The topological polar surface area (TPSA) is 46.5 Å². The zero-order chi connectivity index (χ0) is 15.4. The summed E-state index contributed by atoms with van der Waals surface area (Å²) < 4.78 is 7.32. The Kier molecular flexibility index (Phi) is 4.92. The molecule has 0 radical (unpaired) electrons. The van der Waals surface area contributed by atoms with Crippen LogP contribution in [-0.2, 0) is 4.74 Å². The quantitative estimate of drug-likeness (QED) is 0.917. The molecule has 6 heteroatoms. The number of ether oxygens (including phenoxy) is 1. The number of aromatic nitrogens is 1. The molecular weight excluding hydrogens is 298 g/mol. The molecular formula is C16H21N3O2S. The van der Waals surface area contributed by atoms with Gasteiger partial charge in [-0.2, -0.15) is 0 Å². The van der Waals surface area contributed by atoms with Crippen molar-refractivity contribution in [2.75, 3.05) is 32.8 Å². The molecule has 1 fully saturated rings. The van der Waals surface area contributed by atoms with Gasteiger partial charge in [-0.25, -0.2) is 0 Å². The van der Waals surface area contributed by atoms with Crippen LogP contribution < -0.4 is 5.32 Å². The van der Waals surface area contributed by atoms with Gasteiger partial charge in [-0.1, -0.05) is 0 Å². The maximum atomic E-state index is 12.5. The van der Waals surface area contributed by atoms with Crippen molar-refractivity contribution in [3.8, 4) is 5.69 Å². The standard InChI is InChI=1S/C16H21N3O2S/c1-13(12-18-7-9-21-10-8-18)17-16(20)15-14(4-11-22-15)19-5-2-3-6-19/h2-6,11,13H,7-10,12H2,1H3,(H,17,20)/t13-/m1/s1. The number of carbonyl (C=O) groups excluding carboxylic acids is 1. The molecule has 1 amide bonds. The summed E-state index contributed by atoms with van der Waals surface area (Å²) in [5, 5.41) is 5.06. The molecule has 2 aromatic rings. The average Bonchev–Trinajstić information content (AvgIpc) is 3.19. The Morgan fingerprint density at radius 1 is 1.36 bits per heavy atom. The fourth-order valence-corrected chi connectivity index (χ4v) is 3.47. The number of hydrogen-bond donors (Lipinski definition) is 1. The third kappa shape index (κ3) is 3.58. The van der Waals surface area contributed by atoms with Crippen LogP contribution in [0, 0.1) is 0 Å². The molecule has 0 saturated carbocycles. The average molecular weight is 319 g/mol. The summed E-state index contributed by atoms with van der Waals surface area (Å²) in [6, 6.07) is 6.01. The summed E-state index contributed by atoms with van der Waals surface area (Å²) >= 11 is 1.48. The Morgan fingerprint density at radius 2 is 2.09 bits per heavy atom. The van der Waals surface area contributed by atoms with Gasteiger partial charge in [0.05, 0.1) is 18.9 Å². The number of nitrogens with one attached hydrogen (secondary N) is 1. The van der Waals surface area contributed by atoms with Crippen molar-refractivity contribution >= 4 is 17.2 Å². The highest BCUT2D eigenvalue weighted by Crippen LogP contribution is 2.21. The molecule has 5 nitrogen and oxygen atoms in total. The number of thiophene rings is 1. The smallest absolute Gasteiger partial charge is 0.263 e. The Morgan fingerprint density at radius 3 is 2.82 bits per heavy atom. The molecule has 118 valence electrons. The molecule has 0 bridgehead atoms. The molecule has 0 aliphatic carbocycles. The maximum absolute atomic E-state index is 12.5. The van der Waals surface area contributed by atoms with Crippen molar-refractivity contribution < 1.29 is 9.53 Å². The zero-order valence-corrected chi connectivity index (χ0v) is 13.5. The molecule has 1 atom stereocenters. The molecule has 2 aromatic heterocycles. The molecule has 1 aliphatic rings. The number of hydrogen-bond acceptors (Lipinski definition) is 4. The van der Waals surface area contributed by atoms with Gasteiger partial charge >= 0.3 is 0 Å². The first kappa shape index (κ1) is 15.3. The lowest BCUT2D eigenvalue weighted by molar-refractivity contribution is 0.0342. The summed E-state index contributed by atoms with van der Waals surface area (Å²) in [4.78, 5) is 15.6. The molecule has 0 aromatic carbocycles. The molecule has 3 heterocycles. The molecule has 1 aliphatic heterocycles. The summed E-state index contributed by atoms with van der Waals surface area (Å²) in [6.07, 6.45) is 3.91. The normalized spacial score (nSPS) is 17.3. The lowest BCUT2D eigenvalue weighted by atomic mass is 10.2. The van der Waals surface area contributed by atoms with Gasteiger partial charge in [0.2, 0.25) is 0 Å². The highest BCUT2D eigenvalue weighted by molar-refractivity contribution is 7.12. The highest BCUT2D eigenvalue weighted by atomic mass is 32.1. The van der Waals surface area contributed by atoms with Crippen LogP contribution in [0.1, 0.15) is 16.6 Å². The van der Waals surface area contributed by atoms with Crippen molar-refractivity contribution in [2.45, 2.75) is 13.0 Å². The molecule has 22 heavy (non-hydrogen) atoms. The van der Waals surface area contributed by atoms with E-state index in [1.807, 2.05) is 40.5 Å². The number of rotatable bonds is 5. The second-order valence-corrected chi connectivity index (χ2v) is 6.43. The van der Waals surface area contributed by atoms with Crippen LogP contribution in [0.2, 0.25) is 0 Å². The van der Waals surface area contributed by atoms with E-state index in [0.29, 0.717) is 0 Å². The van der Waals surface area contributed by atoms with Gasteiger partial charge in [-0.3, -0.25) is 9.69 Å². The molecule has 3 rings (SSSR count). The summed E-state index contributed by atoms with van der Waals surface area (Å²) in [6.45, 7) is 6.35. The third-order valence-electron chi connectivity index (χ3n) is 3.75. The third-order valence-corrected chi connectivity index (χ3v) is 4.65. The van der Waals surface area contributed by atoms with Gasteiger partial charge in [-0.15, -0.1) is 11.3 Å². The SMILES string of the molecule is C[C@H](CN1CCOCC1)NC(=O)c1sccc1-n1cccc1. The van der Waals surface area contributed by atoms with Gasteiger partial charge in [0.25, 0.3) is 5.91 Å². The van der Waals surface area contributed by atoms with Crippen molar-refractivity contribution in [1.82, 2.24) is 14.8 Å². The van der Waals surface area contributed by atoms with Crippen molar-refractivity contribution in [3.63, 3.8) is 0 Å². The summed E-state index contributed by atoms with van der Waals surface area (Å²) in [5.74, 6) is -0.000501. The maximum Gasteiger partial charge on any atom is 0.263 e. The Labute approximate surface area is 134 Å². The zero-order valence-electron chi connectivity index (χ0n) is 12.7. The molecule has 0 spiro atoms. The van der Waals surface area contributed by atoms with E-state index < -0.39 is 0 Å². The van der Waals surface area contributed by atoms with Gasteiger partial charge in [0, 0.05) is 38.1 Å². The first-order chi connectivity index (χ1) is 10.7. The van der Waals surface area contributed by atoms with Crippen molar-refractivity contribution in [3.05, 3.63) is 40.8 Å². The monoisotopic (exact) mass is 319 g/mol. The van der Waals surface area contributed by atoms with Crippen LogP contribution >= 0.6 is 11.3 Å². The number of morpholine rings is 1. The van der Waals surface area contributed by atoms with E-state index in [9.17, 15) is 4.79 Å². The van der Waals surface area contributed by atoms with Crippen LogP contribution in [-0.4, -0.2) is 54.3 Å². The molecule has 1 saturated heterocycles. The predicted octanol–water partition coefficient (Wildman–Crippen LogP) is 1.99. The summed E-state index contributed by atoms with van der Waals surface area (Å²) in [7, 11) is 0. The van der Waals surface area contributed by atoms with Crippen LogP contribution in [0.3, 0.4) is 0 Å². The largest absolute Gasteiger partial charge is 0.379 e. The van der Waals surface area contributed by atoms with Crippen LogP contribution in [0.4, 0.5) is 0 Å². The van der Waals surface area contributed by atoms with Gasteiger partial charge in [0.15, 0.2) is 0 Å². The van der Waals surface area contributed by atoms with E-state index in [1.54, 1.807) is 0 Å². The molecule has 0 unspecified atom stereocenters. The van der Waals surface area contributed by atoms with E-state index in [4.69, 9.17) is 4.74 Å². The lowest BCUT2D eigenvalue weighted by Crippen LogP contribution is -2.46. The Balaban J connectivity index is 1.61. The minimum Gasteiger partial charge on any atom is -0.379 e. The van der Waals surface area contributed by atoms with Crippen LogP contribution in [0.25, 0.3) is 5.69 Å². The minimum absolute atomic E-state index is 0.000501. The summed E-state index contributed by atoms with van der Waals surface area (Å²) in [5.41, 5.74) is 0.936.